The summed E-state index contributed by atoms with van der Waals surface area (Å²) in [6, 6.07) is 0. The van der Waals surface area contributed by atoms with Gasteiger partial charge in [0.05, 0.1) is 13.7 Å². The number of carbonyl (C=O) groups is 3. The van der Waals surface area contributed by atoms with Gasteiger partial charge in [0.15, 0.2) is 0 Å². The fourth-order valence-corrected chi connectivity index (χ4v) is 2.36. The maximum atomic E-state index is 12.0. The largest absolute Gasteiger partial charge is 0.466 e. The molecule has 5 heteroatoms. The Morgan fingerprint density at radius 1 is 1.42 bits per heavy atom. The molecular formula is C14H20O5. The van der Waals surface area contributed by atoms with E-state index in [1.54, 1.807) is 13.0 Å². The third-order valence-corrected chi connectivity index (χ3v) is 3.40. The van der Waals surface area contributed by atoms with Crippen LogP contribution in [-0.2, 0) is 23.9 Å². The molecule has 1 aliphatic rings. The maximum Gasteiger partial charge on any atom is 0.330 e. The molecule has 1 rings (SSSR count). The van der Waals surface area contributed by atoms with E-state index in [1.165, 1.54) is 13.2 Å². The smallest absolute Gasteiger partial charge is 0.330 e. The van der Waals surface area contributed by atoms with Crippen molar-refractivity contribution in [3.8, 4) is 0 Å². The van der Waals surface area contributed by atoms with Gasteiger partial charge >= 0.3 is 11.9 Å². The third kappa shape index (κ3) is 3.66. The van der Waals surface area contributed by atoms with Gasteiger partial charge in [0.25, 0.3) is 0 Å². The highest BCUT2D eigenvalue weighted by molar-refractivity contribution is 6.05. The van der Waals surface area contributed by atoms with Crippen molar-refractivity contribution in [1.82, 2.24) is 0 Å². The van der Waals surface area contributed by atoms with Crippen LogP contribution in [0.3, 0.4) is 0 Å². The SMILES string of the molecule is CCOC(=O)C1(CC/C=C\C(=O)OC)CCCC1=O. The lowest BCUT2D eigenvalue weighted by Gasteiger charge is -2.24. The van der Waals surface area contributed by atoms with E-state index >= 15 is 0 Å². The van der Waals surface area contributed by atoms with Gasteiger partial charge in [0, 0.05) is 12.5 Å². The van der Waals surface area contributed by atoms with Crippen molar-refractivity contribution in [3.05, 3.63) is 12.2 Å². The summed E-state index contributed by atoms with van der Waals surface area (Å²) in [7, 11) is 1.30. The van der Waals surface area contributed by atoms with E-state index in [0.29, 0.717) is 25.7 Å². The monoisotopic (exact) mass is 268 g/mol. The fourth-order valence-electron chi connectivity index (χ4n) is 2.36. The summed E-state index contributed by atoms with van der Waals surface area (Å²) >= 11 is 0. The molecule has 0 N–H and O–H groups in total. The number of hydrogen-bond acceptors (Lipinski definition) is 5. The predicted octanol–water partition coefficient (Wildman–Crippen LogP) is 1.80. The van der Waals surface area contributed by atoms with Crippen molar-refractivity contribution in [2.75, 3.05) is 13.7 Å². The molecule has 106 valence electrons. The number of hydrogen-bond donors (Lipinski definition) is 0. The summed E-state index contributed by atoms with van der Waals surface area (Å²) in [5.74, 6) is -0.913. The number of esters is 2. The maximum absolute atomic E-state index is 12.0. The van der Waals surface area contributed by atoms with Gasteiger partial charge in [-0.05, 0) is 32.6 Å². The summed E-state index contributed by atoms with van der Waals surface area (Å²) in [6.45, 7) is 1.99. The summed E-state index contributed by atoms with van der Waals surface area (Å²) in [5.41, 5.74) is -1.00. The zero-order valence-electron chi connectivity index (χ0n) is 11.4. The zero-order chi connectivity index (χ0) is 14.3. The molecule has 0 aromatic heterocycles. The molecule has 0 bridgehead atoms. The molecule has 0 saturated heterocycles. The quantitative estimate of drug-likeness (QED) is 0.417. The molecule has 0 amide bonds. The number of methoxy groups -OCH3 is 1. The Bertz CT molecular complexity index is 385. The third-order valence-electron chi connectivity index (χ3n) is 3.40. The van der Waals surface area contributed by atoms with Crippen LogP contribution in [0, 0.1) is 5.41 Å². The van der Waals surface area contributed by atoms with Gasteiger partial charge in [-0.2, -0.15) is 0 Å². The molecule has 5 nitrogen and oxygen atoms in total. The number of carbonyl (C=O) groups excluding carboxylic acids is 3. The Morgan fingerprint density at radius 2 is 2.16 bits per heavy atom. The molecule has 1 unspecified atom stereocenters. The highest BCUT2D eigenvalue weighted by Crippen LogP contribution is 2.40. The standard InChI is InChI=1S/C14H20O5/c1-3-19-13(17)14(10-6-7-11(14)15)9-5-4-8-12(16)18-2/h4,8H,3,5-7,9-10H2,1-2H3/b8-4-. The van der Waals surface area contributed by atoms with Crippen molar-refractivity contribution in [2.24, 2.45) is 5.41 Å². The van der Waals surface area contributed by atoms with Gasteiger partial charge < -0.3 is 9.47 Å². The predicted molar refractivity (Wildman–Crippen MR) is 68.3 cm³/mol. The van der Waals surface area contributed by atoms with Crippen molar-refractivity contribution < 1.29 is 23.9 Å². The summed E-state index contributed by atoms with van der Waals surface area (Å²) in [4.78, 5) is 34.9. The van der Waals surface area contributed by atoms with Crippen LogP contribution in [0.4, 0.5) is 0 Å². The lowest BCUT2D eigenvalue weighted by molar-refractivity contribution is -0.159. The van der Waals surface area contributed by atoms with E-state index in [-0.39, 0.29) is 12.4 Å². The summed E-state index contributed by atoms with van der Waals surface area (Å²) in [6.07, 6.45) is 5.48. The lowest BCUT2D eigenvalue weighted by Crippen LogP contribution is -2.36. The number of ketones is 1. The zero-order valence-corrected chi connectivity index (χ0v) is 11.4. The van der Waals surface area contributed by atoms with Gasteiger partial charge in [-0.25, -0.2) is 4.79 Å². The van der Waals surface area contributed by atoms with Crippen molar-refractivity contribution in [2.45, 2.75) is 39.0 Å². The van der Waals surface area contributed by atoms with Crippen molar-refractivity contribution in [3.63, 3.8) is 0 Å². The first-order valence-electron chi connectivity index (χ1n) is 6.52. The van der Waals surface area contributed by atoms with E-state index in [2.05, 4.69) is 4.74 Å². The van der Waals surface area contributed by atoms with E-state index in [9.17, 15) is 14.4 Å². The molecule has 0 spiro atoms. The minimum atomic E-state index is -1.00. The first-order valence-corrected chi connectivity index (χ1v) is 6.52. The van der Waals surface area contributed by atoms with Crippen LogP contribution in [0.1, 0.15) is 39.0 Å². The van der Waals surface area contributed by atoms with Crippen LogP contribution in [0.15, 0.2) is 12.2 Å². The molecule has 1 fully saturated rings. The highest BCUT2D eigenvalue weighted by atomic mass is 16.5. The molecular weight excluding hydrogens is 248 g/mol. The summed E-state index contributed by atoms with van der Waals surface area (Å²) in [5, 5.41) is 0. The average Bonchev–Trinajstić information content (AvgIpc) is 2.77. The van der Waals surface area contributed by atoms with E-state index in [1.807, 2.05) is 0 Å². The second kappa shape index (κ2) is 7.07. The van der Waals surface area contributed by atoms with Gasteiger partial charge in [-0.15, -0.1) is 0 Å². The molecule has 0 radical (unpaired) electrons. The van der Waals surface area contributed by atoms with Gasteiger partial charge in [0.1, 0.15) is 11.2 Å². The Labute approximate surface area is 112 Å². The van der Waals surface area contributed by atoms with Gasteiger partial charge in [-0.3, -0.25) is 9.59 Å². The average molecular weight is 268 g/mol. The minimum absolute atomic E-state index is 0.0441. The molecule has 0 aliphatic heterocycles. The fraction of sp³-hybridized carbons (Fsp3) is 0.643. The molecule has 1 aliphatic carbocycles. The minimum Gasteiger partial charge on any atom is -0.466 e. The van der Waals surface area contributed by atoms with Crippen molar-refractivity contribution >= 4 is 17.7 Å². The second-order valence-electron chi connectivity index (χ2n) is 4.54. The molecule has 0 aromatic rings. The molecule has 19 heavy (non-hydrogen) atoms. The molecule has 1 saturated carbocycles. The van der Waals surface area contributed by atoms with Crippen LogP contribution >= 0.6 is 0 Å². The van der Waals surface area contributed by atoms with Crippen LogP contribution in [0.5, 0.6) is 0 Å². The molecule has 0 heterocycles. The number of rotatable bonds is 6. The topological polar surface area (TPSA) is 69.7 Å². The summed E-state index contributed by atoms with van der Waals surface area (Å²) < 4.78 is 9.49. The van der Waals surface area contributed by atoms with Gasteiger partial charge in [0.2, 0.25) is 0 Å². The lowest BCUT2D eigenvalue weighted by atomic mass is 9.80. The number of Topliss-reactive ketones (excluding diaryl/α,β-unsaturated/α-hetero) is 1. The van der Waals surface area contributed by atoms with E-state index in [4.69, 9.17) is 4.74 Å². The van der Waals surface area contributed by atoms with Crippen LogP contribution in [-0.4, -0.2) is 31.4 Å². The first-order chi connectivity index (χ1) is 9.06. The van der Waals surface area contributed by atoms with Crippen LogP contribution in [0.2, 0.25) is 0 Å². The van der Waals surface area contributed by atoms with E-state index < -0.39 is 17.4 Å². The normalized spacial score (nSPS) is 22.7. The van der Waals surface area contributed by atoms with E-state index in [0.717, 1.165) is 6.42 Å². The second-order valence-corrected chi connectivity index (χ2v) is 4.54. The Kier molecular flexibility index (Phi) is 5.73. The van der Waals surface area contributed by atoms with Gasteiger partial charge in [-0.1, -0.05) is 6.08 Å². The van der Waals surface area contributed by atoms with Crippen LogP contribution in [0.25, 0.3) is 0 Å². The number of allylic oxidation sites excluding steroid dienone is 1. The number of ether oxygens (including phenoxy) is 2. The highest BCUT2D eigenvalue weighted by Gasteiger charge is 2.48. The first kappa shape index (κ1) is 15.4. The van der Waals surface area contributed by atoms with Crippen LogP contribution < -0.4 is 0 Å². The Morgan fingerprint density at radius 3 is 2.68 bits per heavy atom. The Balaban J connectivity index is 2.66. The molecule has 1 atom stereocenters. The van der Waals surface area contributed by atoms with Crippen molar-refractivity contribution in [1.29, 1.82) is 0 Å². The Hall–Kier alpha value is -1.65. The molecule has 0 aromatic carbocycles.